The third kappa shape index (κ3) is 1.42. The average molecular weight is 207 g/mol. The quantitative estimate of drug-likeness (QED) is 0.658. The van der Waals surface area contributed by atoms with Gasteiger partial charge in [0.15, 0.2) is 11.5 Å². The van der Waals surface area contributed by atoms with Crippen molar-refractivity contribution in [1.82, 2.24) is 0 Å². The van der Waals surface area contributed by atoms with Crippen molar-refractivity contribution >= 4 is 11.6 Å². The zero-order valence-electron chi connectivity index (χ0n) is 6.39. The number of rotatable bonds is 1. The second-order valence-electron chi connectivity index (χ2n) is 2.55. The Morgan fingerprint density at radius 2 is 2.08 bits per heavy atom. The second kappa shape index (κ2) is 2.73. The van der Waals surface area contributed by atoms with Crippen LogP contribution in [-0.2, 0) is 5.88 Å². The molecule has 2 nitrogen and oxygen atoms in total. The lowest BCUT2D eigenvalue weighted by Gasteiger charge is -2.05. The predicted octanol–water partition coefficient (Wildman–Crippen LogP) is 2.75. The van der Waals surface area contributed by atoms with Crippen molar-refractivity contribution in [3.8, 4) is 11.5 Å². The Balaban J connectivity index is 2.45. The maximum atomic E-state index is 12.6. The number of para-hydroxylation sites is 1. The summed E-state index contributed by atoms with van der Waals surface area (Å²) < 4.78 is 33.6. The first kappa shape index (κ1) is 8.56. The van der Waals surface area contributed by atoms with Crippen molar-refractivity contribution in [1.29, 1.82) is 0 Å². The first-order chi connectivity index (χ1) is 6.12. The highest BCUT2D eigenvalue weighted by atomic mass is 35.5. The monoisotopic (exact) mass is 206 g/mol. The lowest BCUT2D eigenvalue weighted by Crippen LogP contribution is -2.26. The smallest absolute Gasteiger partial charge is 0.395 e. The zero-order chi connectivity index (χ0) is 9.47. The van der Waals surface area contributed by atoms with Gasteiger partial charge in [-0.1, -0.05) is 12.1 Å². The third-order valence-electron chi connectivity index (χ3n) is 1.65. The molecule has 0 N–H and O–H groups in total. The van der Waals surface area contributed by atoms with E-state index in [0.717, 1.165) is 0 Å². The van der Waals surface area contributed by atoms with E-state index in [4.69, 9.17) is 11.6 Å². The number of halogens is 3. The third-order valence-corrected chi connectivity index (χ3v) is 1.94. The average Bonchev–Trinajstić information content (AvgIpc) is 2.37. The van der Waals surface area contributed by atoms with Gasteiger partial charge in [-0.3, -0.25) is 0 Å². The van der Waals surface area contributed by atoms with Crippen LogP contribution in [0.15, 0.2) is 18.2 Å². The molecule has 0 fully saturated rings. The second-order valence-corrected chi connectivity index (χ2v) is 2.81. The minimum atomic E-state index is -3.56. The highest BCUT2D eigenvalue weighted by molar-refractivity contribution is 6.17. The zero-order valence-corrected chi connectivity index (χ0v) is 7.15. The standard InChI is InChI=1S/C8H5ClF2O2/c9-4-5-2-1-3-6-7(5)13-8(10,11)12-6/h1-3H,4H2. The van der Waals surface area contributed by atoms with E-state index < -0.39 is 6.29 Å². The van der Waals surface area contributed by atoms with Crippen molar-refractivity contribution in [2.75, 3.05) is 0 Å². The first-order valence-electron chi connectivity index (χ1n) is 3.56. The van der Waals surface area contributed by atoms with Crippen LogP contribution in [0.5, 0.6) is 11.5 Å². The van der Waals surface area contributed by atoms with Crippen LogP contribution in [-0.4, -0.2) is 6.29 Å². The molecule has 2 rings (SSSR count). The van der Waals surface area contributed by atoms with Crippen molar-refractivity contribution in [3.63, 3.8) is 0 Å². The fourth-order valence-electron chi connectivity index (χ4n) is 1.13. The van der Waals surface area contributed by atoms with Crippen LogP contribution in [0.1, 0.15) is 5.56 Å². The molecule has 1 aliphatic heterocycles. The van der Waals surface area contributed by atoms with Gasteiger partial charge in [0.25, 0.3) is 0 Å². The minimum Gasteiger partial charge on any atom is -0.395 e. The summed E-state index contributed by atoms with van der Waals surface area (Å²) in [5.74, 6) is 0.174. The molecule has 1 aliphatic rings. The van der Waals surface area contributed by atoms with Gasteiger partial charge in [0.1, 0.15) is 0 Å². The Hall–Kier alpha value is -1.03. The molecular weight excluding hydrogens is 202 g/mol. The van der Waals surface area contributed by atoms with Gasteiger partial charge < -0.3 is 9.47 Å². The summed E-state index contributed by atoms with van der Waals surface area (Å²) in [6.07, 6.45) is -3.56. The highest BCUT2D eigenvalue weighted by Gasteiger charge is 2.44. The van der Waals surface area contributed by atoms with E-state index >= 15 is 0 Å². The Morgan fingerprint density at radius 1 is 1.31 bits per heavy atom. The lowest BCUT2D eigenvalue weighted by atomic mass is 10.2. The van der Waals surface area contributed by atoms with E-state index in [1.54, 1.807) is 12.1 Å². The Bertz CT molecular complexity index is 341. The summed E-state index contributed by atoms with van der Waals surface area (Å²) in [6.45, 7) is 0. The van der Waals surface area contributed by atoms with Gasteiger partial charge in [0.05, 0.1) is 5.88 Å². The number of hydrogen-bond acceptors (Lipinski definition) is 2. The fraction of sp³-hybridized carbons (Fsp3) is 0.250. The molecule has 0 saturated carbocycles. The first-order valence-corrected chi connectivity index (χ1v) is 4.09. The maximum absolute atomic E-state index is 12.6. The van der Waals surface area contributed by atoms with Gasteiger partial charge in [0, 0.05) is 5.56 Å². The minimum absolute atomic E-state index is 0.0301. The Morgan fingerprint density at radius 3 is 2.77 bits per heavy atom. The van der Waals surface area contributed by atoms with Crippen LogP contribution in [0.25, 0.3) is 0 Å². The fourth-order valence-corrected chi connectivity index (χ4v) is 1.34. The van der Waals surface area contributed by atoms with Crippen LogP contribution in [0.4, 0.5) is 8.78 Å². The molecule has 13 heavy (non-hydrogen) atoms. The highest BCUT2D eigenvalue weighted by Crippen LogP contribution is 2.43. The van der Waals surface area contributed by atoms with Crippen molar-refractivity contribution in [2.45, 2.75) is 12.2 Å². The van der Waals surface area contributed by atoms with Crippen LogP contribution < -0.4 is 9.47 Å². The van der Waals surface area contributed by atoms with E-state index in [1.165, 1.54) is 6.07 Å². The van der Waals surface area contributed by atoms with E-state index in [9.17, 15) is 8.78 Å². The molecular formula is C8H5ClF2O2. The van der Waals surface area contributed by atoms with Gasteiger partial charge in [-0.25, -0.2) is 0 Å². The molecule has 5 heteroatoms. The molecule has 1 heterocycles. The molecule has 0 bridgehead atoms. The lowest BCUT2D eigenvalue weighted by molar-refractivity contribution is -0.286. The van der Waals surface area contributed by atoms with Crippen LogP contribution in [0.2, 0.25) is 0 Å². The van der Waals surface area contributed by atoms with Crippen molar-refractivity contribution < 1.29 is 18.3 Å². The summed E-state index contributed by atoms with van der Waals surface area (Å²) in [5.41, 5.74) is 0.497. The summed E-state index contributed by atoms with van der Waals surface area (Å²) >= 11 is 5.52. The summed E-state index contributed by atoms with van der Waals surface area (Å²) in [4.78, 5) is 0. The largest absolute Gasteiger partial charge is 0.586 e. The number of hydrogen-bond donors (Lipinski definition) is 0. The molecule has 70 valence electrons. The summed E-state index contributed by atoms with van der Waals surface area (Å²) in [6, 6.07) is 4.60. The summed E-state index contributed by atoms with van der Waals surface area (Å²) in [5, 5.41) is 0. The molecule has 1 aromatic rings. The molecule has 0 amide bonds. The van der Waals surface area contributed by atoms with Crippen LogP contribution in [0.3, 0.4) is 0 Å². The topological polar surface area (TPSA) is 18.5 Å². The van der Waals surface area contributed by atoms with Crippen molar-refractivity contribution in [2.24, 2.45) is 0 Å². The SMILES string of the molecule is FC1(F)Oc2cccc(CCl)c2O1. The normalized spacial score (nSPS) is 17.5. The van der Waals surface area contributed by atoms with Gasteiger partial charge in [0.2, 0.25) is 0 Å². The van der Waals surface area contributed by atoms with E-state index in [1.807, 2.05) is 0 Å². The molecule has 0 radical (unpaired) electrons. The number of alkyl halides is 3. The molecule has 0 atom stereocenters. The van der Waals surface area contributed by atoms with E-state index in [-0.39, 0.29) is 17.4 Å². The predicted molar refractivity (Wildman–Crippen MR) is 42.2 cm³/mol. The molecule has 0 spiro atoms. The summed E-state index contributed by atoms with van der Waals surface area (Å²) in [7, 11) is 0. The van der Waals surface area contributed by atoms with Gasteiger partial charge in [-0.2, -0.15) is 0 Å². The van der Waals surface area contributed by atoms with Gasteiger partial charge >= 0.3 is 6.29 Å². The van der Waals surface area contributed by atoms with E-state index in [2.05, 4.69) is 9.47 Å². The molecule has 0 aromatic heterocycles. The van der Waals surface area contributed by atoms with Crippen LogP contribution >= 0.6 is 11.6 Å². The van der Waals surface area contributed by atoms with Gasteiger partial charge in [-0.15, -0.1) is 20.4 Å². The Kier molecular flexibility index (Phi) is 1.80. The van der Waals surface area contributed by atoms with Crippen LogP contribution in [0, 0.1) is 0 Å². The number of benzene rings is 1. The van der Waals surface area contributed by atoms with Crippen molar-refractivity contribution in [3.05, 3.63) is 23.8 Å². The maximum Gasteiger partial charge on any atom is 0.586 e. The molecule has 0 saturated heterocycles. The molecule has 1 aromatic carbocycles. The number of ether oxygens (including phenoxy) is 2. The Labute approximate surface area is 78.0 Å². The van der Waals surface area contributed by atoms with Gasteiger partial charge in [-0.05, 0) is 6.07 Å². The van der Waals surface area contributed by atoms with E-state index in [0.29, 0.717) is 5.56 Å². The number of fused-ring (bicyclic) bond motifs is 1. The molecule has 0 aliphatic carbocycles. The molecule has 0 unspecified atom stereocenters.